The lowest BCUT2D eigenvalue weighted by molar-refractivity contribution is -0.139. The molecule has 4 heteroatoms. The van der Waals surface area contributed by atoms with Gasteiger partial charge in [0.1, 0.15) is 5.75 Å². The molecule has 0 aliphatic heterocycles. The number of pyridine rings is 1. The van der Waals surface area contributed by atoms with E-state index in [1.807, 2.05) is 36.5 Å². The standard InChI is InChI=1S/C19H19NO3/c1-2-15-12-17-18(23-13-19(21)22)9-6-10-20(17)16(15)11-14-7-4-3-5-8-14/h3-10,12H,2,11,13H2,1H3,(H,21,22). The van der Waals surface area contributed by atoms with Crippen LogP contribution < -0.4 is 4.74 Å². The van der Waals surface area contributed by atoms with Crippen molar-refractivity contribution < 1.29 is 14.6 Å². The summed E-state index contributed by atoms with van der Waals surface area (Å²) in [7, 11) is 0. The summed E-state index contributed by atoms with van der Waals surface area (Å²) in [5.74, 6) is -0.373. The van der Waals surface area contributed by atoms with Gasteiger partial charge in [0.25, 0.3) is 0 Å². The molecular formula is C19H19NO3. The summed E-state index contributed by atoms with van der Waals surface area (Å²) < 4.78 is 7.52. The largest absolute Gasteiger partial charge is 0.480 e. The van der Waals surface area contributed by atoms with Crippen LogP contribution in [0.15, 0.2) is 54.7 Å². The molecule has 0 aliphatic carbocycles. The number of ether oxygens (including phenoxy) is 1. The predicted molar refractivity (Wildman–Crippen MR) is 89.2 cm³/mol. The normalized spacial score (nSPS) is 10.8. The van der Waals surface area contributed by atoms with Gasteiger partial charge in [-0.25, -0.2) is 4.79 Å². The summed E-state index contributed by atoms with van der Waals surface area (Å²) in [6.07, 6.45) is 3.75. The molecule has 0 fully saturated rings. The fraction of sp³-hybridized carbons (Fsp3) is 0.211. The van der Waals surface area contributed by atoms with Crippen LogP contribution >= 0.6 is 0 Å². The minimum Gasteiger partial charge on any atom is -0.480 e. The maximum absolute atomic E-state index is 10.7. The maximum atomic E-state index is 10.7. The Morgan fingerprint density at radius 3 is 2.65 bits per heavy atom. The number of hydrogen-bond acceptors (Lipinski definition) is 2. The fourth-order valence-electron chi connectivity index (χ4n) is 2.84. The molecule has 0 saturated carbocycles. The molecule has 0 aliphatic rings. The van der Waals surface area contributed by atoms with Gasteiger partial charge in [-0.3, -0.25) is 0 Å². The van der Waals surface area contributed by atoms with E-state index in [9.17, 15) is 4.79 Å². The third-order valence-corrected chi connectivity index (χ3v) is 3.91. The van der Waals surface area contributed by atoms with E-state index in [2.05, 4.69) is 29.5 Å². The highest BCUT2D eigenvalue weighted by molar-refractivity contribution is 5.70. The minimum atomic E-state index is -0.973. The van der Waals surface area contributed by atoms with Crippen LogP contribution in [0.25, 0.3) is 5.52 Å². The van der Waals surface area contributed by atoms with Crippen molar-refractivity contribution in [1.82, 2.24) is 4.40 Å². The van der Waals surface area contributed by atoms with Crippen molar-refractivity contribution in [3.05, 3.63) is 71.5 Å². The second kappa shape index (κ2) is 6.57. The Balaban J connectivity index is 2.03. The van der Waals surface area contributed by atoms with Crippen molar-refractivity contribution in [2.45, 2.75) is 19.8 Å². The molecule has 2 heterocycles. The van der Waals surface area contributed by atoms with E-state index in [1.165, 1.54) is 16.8 Å². The lowest BCUT2D eigenvalue weighted by atomic mass is 10.1. The van der Waals surface area contributed by atoms with Crippen molar-refractivity contribution >= 4 is 11.5 Å². The van der Waals surface area contributed by atoms with E-state index in [0.717, 1.165) is 18.4 Å². The number of rotatable bonds is 6. The molecule has 0 amide bonds. The quantitative estimate of drug-likeness (QED) is 0.757. The first kappa shape index (κ1) is 15.2. The number of aliphatic carboxylic acids is 1. The predicted octanol–water partition coefficient (Wildman–Crippen LogP) is 3.56. The van der Waals surface area contributed by atoms with Gasteiger partial charge in [0.15, 0.2) is 6.61 Å². The van der Waals surface area contributed by atoms with Crippen LogP contribution in [0.3, 0.4) is 0 Å². The van der Waals surface area contributed by atoms with Gasteiger partial charge in [0.2, 0.25) is 0 Å². The number of carboxylic acid groups (broad SMARTS) is 1. The molecular weight excluding hydrogens is 290 g/mol. The van der Waals surface area contributed by atoms with Crippen LogP contribution in [0.2, 0.25) is 0 Å². The molecule has 3 aromatic rings. The van der Waals surface area contributed by atoms with Crippen molar-refractivity contribution in [2.24, 2.45) is 0 Å². The first-order valence-corrected chi connectivity index (χ1v) is 7.69. The van der Waals surface area contributed by atoms with Crippen LogP contribution in [0.5, 0.6) is 5.75 Å². The molecule has 2 aromatic heterocycles. The lowest BCUT2D eigenvalue weighted by Crippen LogP contribution is -2.10. The second-order valence-electron chi connectivity index (χ2n) is 5.44. The molecule has 0 radical (unpaired) electrons. The number of carboxylic acids is 1. The third-order valence-electron chi connectivity index (χ3n) is 3.91. The van der Waals surface area contributed by atoms with Gasteiger partial charge >= 0.3 is 5.97 Å². The number of aromatic nitrogens is 1. The second-order valence-corrected chi connectivity index (χ2v) is 5.44. The zero-order chi connectivity index (χ0) is 16.2. The van der Waals surface area contributed by atoms with Crippen molar-refractivity contribution in [1.29, 1.82) is 0 Å². The minimum absolute atomic E-state index is 0.333. The zero-order valence-corrected chi connectivity index (χ0v) is 13.0. The Morgan fingerprint density at radius 1 is 1.17 bits per heavy atom. The number of fused-ring (bicyclic) bond motifs is 1. The Morgan fingerprint density at radius 2 is 1.96 bits per heavy atom. The Labute approximate surface area is 135 Å². The molecule has 0 atom stereocenters. The average molecular weight is 309 g/mol. The molecule has 118 valence electrons. The van der Waals surface area contributed by atoms with Gasteiger partial charge in [-0.05, 0) is 35.7 Å². The van der Waals surface area contributed by atoms with Crippen LogP contribution in [0, 0.1) is 0 Å². The number of hydrogen-bond donors (Lipinski definition) is 1. The highest BCUT2D eigenvalue weighted by atomic mass is 16.5. The topological polar surface area (TPSA) is 50.9 Å². The van der Waals surface area contributed by atoms with E-state index in [0.29, 0.717) is 5.75 Å². The van der Waals surface area contributed by atoms with Gasteiger partial charge in [0.05, 0.1) is 5.52 Å². The highest BCUT2D eigenvalue weighted by Crippen LogP contribution is 2.27. The SMILES string of the molecule is CCc1cc2c(OCC(=O)O)cccn2c1Cc1ccccc1. The molecule has 1 N–H and O–H groups in total. The van der Waals surface area contributed by atoms with Crippen LogP contribution in [-0.4, -0.2) is 22.1 Å². The van der Waals surface area contributed by atoms with E-state index < -0.39 is 5.97 Å². The number of benzene rings is 1. The van der Waals surface area contributed by atoms with Crippen molar-refractivity contribution in [2.75, 3.05) is 6.61 Å². The van der Waals surface area contributed by atoms with Gasteiger partial charge in [-0.1, -0.05) is 37.3 Å². The maximum Gasteiger partial charge on any atom is 0.341 e. The first-order valence-electron chi connectivity index (χ1n) is 7.69. The van der Waals surface area contributed by atoms with Crippen molar-refractivity contribution in [3.63, 3.8) is 0 Å². The molecule has 0 saturated heterocycles. The molecule has 0 unspecified atom stereocenters. The number of aryl methyl sites for hydroxylation is 1. The van der Waals surface area contributed by atoms with Gasteiger partial charge in [-0.15, -0.1) is 0 Å². The number of nitrogens with zero attached hydrogens (tertiary/aromatic N) is 1. The molecule has 0 bridgehead atoms. The molecule has 4 nitrogen and oxygen atoms in total. The molecule has 23 heavy (non-hydrogen) atoms. The van der Waals surface area contributed by atoms with Gasteiger partial charge in [0, 0.05) is 18.3 Å². The Hall–Kier alpha value is -2.75. The summed E-state index contributed by atoms with van der Waals surface area (Å²) in [5.41, 5.74) is 4.63. The summed E-state index contributed by atoms with van der Waals surface area (Å²) in [4.78, 5) is 10.7. The van der Waals surface area contributed by atoms with Crippen LogP contribution in [0.1, 0.15) is 23.7 Å². The molecule has 3 rings (SSSR count). The van der Waals surface area contributed by atoms with Gasteiger partial charge in [-0.2, -0.15) is 0 Å². The monoisotopic (exact) mass is 309 g/mol. The van der Waals surface area contributed by atoms with E-state index in [-0.39, 0.29) is 6.61 Å². The Kier molecular flexibility index (Phi) is 4.33. The summed E-state index contributed by atoms with van der Waals surface area (Å²) in [5, 5.41) is 8.82. The highest BCUT2D eigenvalue weighted by Gasteiger charge is 2.13. The fourth-order valence-corrected chi connectivity index (χ4v) is 2.84. The summed E-state index contributed by atoms with van der Waals surface area (Å²) in [6.45, 7) is 1.79. The zero-order valence-electron chi connectivity index (χ0n) is 13.0. The smallest absolute Gasteiger partial charge is 0.341 e. The van der Waals surface area contributed by atoms with E-state index in [1.54, 1.807) is 0 Å². The lowest BCUT2D eigenvalue weighted by Gasteiger charge is -2.09. The Bertz CT molecular complexity index is 821. The molecule has 1 aromatic carbocycles. The summed E-state index contributed by atoms with van der Waals surface area (Å²) in [6, 6.07) is 16.1. The third kappa shape index (κ3) is 3.21. The average Bonchev–Trinajstić information content (AvgIpc) is 2.92. The van der Waals surface area contributed by atoms with E-state index >= 15 is 0 Å². The van der Waals surface area contributed by atoms with Gasteiger partial charge < -0.3 is 14.2 Å². The first-order chi connectivity index (χ1) is 11.2. The van der Waals surface area contributed by atoms with Crippen molar-refractivity contribution in [3.8, 4) is 5.75 Å². The number of carbonyl (C=O) groups is 1. The van der Waals surface area contributed by atoms with E-state index in [4.69, 9.17) is 9.84 Å². The molecule has 0 spiro atoms. The van der Waals surface area contributed by atoms with Crippen LogP contribution in [0.4, 0.5) is 0 Å². The summed E-state index contributed by atoms with van der Waals surface area (Å²) >= 11 is 0. The van der Waals surface area contributed by atoms with Crippen LogP contribution in [-0.2, 0) is 17.6 Å².